The number of aryl methyl sites for hydroxylation is 3. The molecule has 0 aliphatic carbocycles. The van der Waals surface area contributed by atoms with Crippen LogP contribution in [0.1, 0.15) is 36.4 Å². The number of amides is 1. The number of carbonyl (C=O) groups excluding carboxylic acids is 1. The van der Waals surface area contributed by atoms with Gasteiger partial charge < -0.3 is 14.3 Å². The number of rotatable bonds is 5. The molecule has 3 rings (SSSR count). The zero-order valence-corrected chi connectivity index (χ0v) is 17.7. The minimum absolute atomic E-state index is 0.195. The zero-order chi connectivity index (χ0) is 19.6. The number of thioether (sulfide) groups is 1. The first kappa shape index (κ1) is 19.8. The second-order valence-electron chi connectivity index (χ2n) is 7.49. The highest BCUT2D eigenvalue weighted by atomic mass is 32.2. The summed E-state index contributed by atoms with van der Waals surface area (Å²) in [6.07, 6.45) is 0. The summed E-state index contributed by atoms with van der Waals surface area (Å²) in [6.45, 7) is 12.1. The molecule has 1 aliphatic rings. The molecular formula is C21H29N3O2S. The Kier molecular flexibility index (Phi) is 6.15. The Labute approximate surface area is 166 Å². The molecule has 6 heteroatoms. The molecule has 0 saturated carbocycles. The first-order valence-electron chi connectivity index (χ1n) is 9.49. The molecule has 146 valence electrons. The molecule has 0 N–H and O–H groups in total. The van der Waals surface area contributed by atoms with E-state index in [4.69, 9.17) is 4.52 Å². The standard InChI is InChI=1S/C21H29N3O2S/c1-14-8-6-7-9-20(14)23-10-15(2)24(16(3)11-23)21(25)13-27-12-19-17(4)22-26-18(19)5/h6-9,15-16H,10-13H2,1-5H3/t15-,16+. The van der Waals surface area contributed by atoms with Crippen molar-refractivity contribution < 1.29 is 9.32 Å². The predicted molar refractivity (Wildman–Crippen MR) is 111 cm³/mol. The number of hydrogen-bond donors (Lipinski definition) is 0. The summed E-state index contributed by atoms with van der Waals surface area (Å²) in [5.74, 6) is 2.32. The Morgan fingerprint density at radius 2 is 1.85 bits per heavy atom. The molecule has 27 heavy (non-hydrogen) atoms. The fourth-order valence-electron chi connectivity index (χ4n) is 3.95. The highest BCUT2D eigenvalue weighted by Crippen LogP contribution is 2.26. The lowest BCUT2D eigenvalue weighted by Crippen LogP contribution is -2.59. The van der Waals surface area contributed by atoms with Gasteiger partial charge in [-0.05, 0) is 46.2 Å². The molecule has 2 heterocycles. The SMILES string of the molecule is Cc1ccccc1N1C[C@@H](C)N(C(=O)CSCc2c(C)noc2C)[C@@H](C)C1. The lowest BCUT2D eigenvalue weighted by Gasteiger charge is -2.45. The number of carbonyl (C=O) groups is 1. The van der Waals surface area contributed by atoms with Crippen molar-refractivity contribution >= 4 is 23.4 Å². The Morgan fingerprint density at radius 1 is 1.19 bits per heavy atom. The van der Waals surface area contributed by atoms with Crippen LogP contribution in [-0.4, -0.2) is 46.9 Å². The van der Waals surface area contributed by atoms with E-state index < -0.39 is 0 Å². The Morgan fingerprint density at radius 3 is 2.44 bits per heavy atom. The summed E-state index contributed by atoms with van der Waals surface area (Å²) < 4.78 is 5.20. The van der Waals surface area contributed by atoms with E-state index in [1.807, 2.05) is 13.8 Å². The topological polar surface area (TPSA) is 49.6 Å². The molecule has 1 aromatic carbocycles. The largest absolute Gasteiger partial charge is 0.367 e. The van der Waals surface area contributed by atoms with Gasteiger partial charge in [0.2, 0.25) is 5.91 Å². The number of para-hydroxylation sites is 1. The second-order valence-corrected chi connectivity index (χ2v) is 8.47. The van der Waals surface area contributed by atoms with Gasteiger partial charge in [-0.1, -0.05) is 23.4 Å². The van der Waals surface area contributed by atoms with Crippen LogP contribution in [0.2, 0.25) is 0 Å². The lowest BCUT2D eigenvalue weighted by atomic mass is 10.1. The van der Waals surface area contributed by atoms with E-state index in [0.29, 0.717) is 5.75 Å². The third-order valence-electron chi connectivity index (χ3n) is 5.32. The van der Waals surface area contributed by atoms with Crippen LogP contribution in [0.15, 0.2) is 28.8 Å². The van der Waals surface area contributed by atoms with Crippen molar-refractivity contribution in [2.45, 2.75) is 52.5 Å². The second kappa shape index (κ2) is 8.38. The molecule has 2 aromatic rings. The maximum atomic E-state index is 12.9. The predicted octanol–water partition coefficient (Wildman–Crippen LogP) is 3.96. The van der Waals surface area contributed by atoms with E-state index in [1.165, 1.54) is 11.3 Å². The smallest absolute Gasteiger partial charge is 0.233 e. The molecular weight excluding hydrogens is 358 g/mol. The van der Waals surface area contributed by atoms with Gasteiger partial charge >= 0.3 is 0 Å². The van der Waals surface area contributed by atoms with Gasteiger partial charge in [-0.2, -0.15) is 0 Å². The third kappa shape index (κ3) is 4.32. The molecule has 1 fully saturated rings. The fourth-order valence-corrected chi connectivity index (χ4v) is 4.99. The summed E-state index contributed by atoms with van der Waals surface area (Å²) in [4.78, 5) is 17.3. The maximum Gasteiger partial charge on any atom is 0.233 e. The van der Waals surface area contributed by atoms with Gasteiger partial charge in [-0.3, -0.25) is 4.79 Å². The number of benzene rings is 1. The van der Waals surface area contributed by atoms with Crippen molar-refractivity contribution in [2.75, 3.05) is 23.7 Å². The molecule has 1 aromatic heterocycles. The van der Waals surface area contributed by atoms with Crippen molar-refractivity contribution in [1.29, 1.82) is 0 Å². The van der Waals surface area contributed by atoms with E-state index in [-0.39, 0.29) is 18.0 Å². The number of aromatic nitrogens is 1. The first-order chi connectivity index (χ1) is 12.9. The molecule has 0 unspecified atom stereocenters. The van der Waals surface area contributed by atoms with Crippen molar-refractivity contribution in [1.82, 2.24) is 10.1 Å². The van der Waals surface area contributed by atoms with Crippen LogP contribution in [0, 0.1) is 20.8 Å². The first-order valence-corrected chi connectivity index (χ1v) is 10.6. The van der Waals surface area contributed by atoms with Crippen LogP contribution in [-0.2, 0) is 10.5 Å². The van der Waals surface area contributed by atoms with Gasteiger partial charge in [0.15, 0.2) is 0 Å². The van der Waals surface area contributed by atoms with Crippen LogP contribution in [0.3, 0.4) is 0 Å². The van der Waals surface area contributed by atoms with E-state index in [2.05, 4.69) is 60.0 Å². The summed E-state index contributed by atoms with van der Waals surface area (Å²) in [5.41, 5.74) is 4.59. The summed E-state index contributed by atoms with van der Waals surface area (Å²) in [7, 11) is 0. The Balaban J connectivity index is 1.59. The highest BCUT2D eigenvalue weighted by Gasteiger charge is 2.33. The quantitative estimate of drug-likeness (QED) is 0.777. The number of anilines is 1. The van der Waals surface area contributed by atoms with Crippen molar-refractivity contribution in [2.24, 2.45) is 0 Å². The molecule has 1 amide bonds. The van der Waals surface area contributed by atoms with Crippen LogP contribution in [0.4, 0.5) is 5.69 Å². The Bertz CT molecular complexity index is 773. The highest BCUT2D eigenvalue weighted by molar-refractivity contribution is 7.99. The third-order valence-corrected chi connectivity index (χ3v) is 6.26. The fraction of sp³-hybridized carbons (Fsp3) is 0.524. The summed E-state index contributed by atoms with van der Waals surface area (Å²) in [5, 5.41) is 3.98. The summed E-state index contributed by atoms with van der Waals surface area (Å²) in [6, 6.07) is 8.86. The van der Waals surface area contributed by atoms with E-state index >= 15 is 0 Å². The molecule has 1 aliphatic heterocycles. The molecule has 0 spiro atoms. The minimum atomic E-state index is 0.195. The van der Waals surface area contributed by atoms with Gasteiger partial charge in [-0.15, -0.1) is 11.8 Å². The zero-order valence-electron chi connectivity index (χ0n) is 16.9. The maximum absolute atomic E-state index is 12.9. The van der Waals surface area contributed by atoms with Crippen molar-refractivity contribution in [3.05, 3.63) is 46.8 Å². The Hall–Kier alpha value is -1.95. The van der Waals surface area contributed by atoms with E-state index in [0.717, 1.165) is 35.9 Å². The summed E-state index contributed by atoms with van der Waals surface area (Å²) >= 11 is 1.64. The number of piperazine rings is 1. The lowest BCUT2D eigenvalue weighted by molar-refractivity contribution is -0.133. The monoisotopic (exact) mass is 387 g/mol. The van der Waals surface area contributed by atoms with E-state index in [1.54, 1.807) is 11.8 Å². The molecule has 2 atom stereocenters. The van der Waals surface area contributed by atoms with E-state index in [9.17, 15) is 4.79 Å². The molecule has 0 bridgehead atoms. The van der Waals surface area contributed by atoms with Crippen LogP contribution >= 0.6 is 11.8 Å². The van der Waals surface area contributed by atoms with Crippen molar-refractivity contribution in [3.63, 3.8) is 0 Å². The van der Waals surface area contributed by atoms with Gasteiger partial charge in [0.1, 0.15) is 5.76 Å². The van der Waals surface area contributed by atoms with Crippen LogP contribution in [0.25, 0.3) is 0 Å². The van der Waals surface area contributed by atoms with Crippen molar-refractivity contribution in [3.8, 4) is 0 Å². The number of nitrogens with zero attached hydrogens (tertiary/aromatic N) is 3. The molecule has 5 nitrogen and oxygen atoms in total. The van der Waals surface area contributed by atoms with Gasteiger partial charge in [0, 0.05) is 42.2 Å². The van der Waals surface area contributed by atoms with Gasteiger partial charge in [-0.25, -0.2) is 0 Å². The average Bonchev–Trinajstić information content (AvgIpc) is 2.93. The average molecular weight is 388 g/mol. The van der Waals surface area contributed by atoms with Gasteiger partial charge in [0.25, 0.3) is 0 Å². The number of hydrogen-bond acceptors (Lipinski definition) is 5. The van der Waals surface area contributed by atoms with Crippen LogP contribution < -0.4 is 4.90 Å². The minimum Gasteiger partial charge on any atom is -0.367 e. The van der Waals surface area contributed by atoms with Gasteiger partial charge in [0.05, 0.1) is 11.4 Å². The molecule has 1 saturated heterocycles. The molecule has 0 radical (unpaired) electrons. The normalized spacial score (nSPS) is 20.2. The van der Waals surface area contributed by atoms with Crippen LogP contribution in [0.5, 0.6) is 0 Å².